The average Bonchev–Trinajstić information content (AvgIpc) is 3.03. The highest BCUT2D eigenvalue weighted by Gasteiger charge is 2.16. The third-order valence-electron chi connectivity index (χ3n) is 3.97. The smallest absolute Gasteiger partial charge is 0.291 e. The first kappa shape index (κ1) is 19.0. The number of carbonyl (C=O) groups excluding carboxylic acids is 1. The summed E-state index contributed by atoms with van der Waals surface area (Å²) in [5.41, 5.74) is 2.38. The number of aromatic nitrogens is 4. The molecule has 0 fully saturated rings. The molecule has 0 aliphatic carbocycles. The Morgan fingerprint density at radius 2 is 1.89 bits per heavy atom. The summed E-state index contributed by atoms with van der Waals surface area (Å²) in [6.07, 6.45) is 0.324. The molecule has 1 aromatic carbocycles. The fourth-order valence-corrected chi connectivity index (χ4v) is 4.16. The van der Waals surface area contributed by atoms with Crippen molar-refractivity contribution < 1.29 is 13.2 Å². The van der Waals surface area contributed by atoms with E-state index in [0.29, 0.717) is 12.2 Å². The molecule has 0 aliphatic rings. The third-order valence-corrected chi connectivity index (χ3v) is 5.65. The van der Waals surface area contributed by atoms with E-state index in [-0.39, 0.29) is 23.9 Å². The number of carbonyl (C=O) groups is 1. The second kappa shape index (κ2) is 7.83. The zero-order valence-corrected chi connectivity index (χ0v) is 16.0. The van der Waals surface area contributed by atoms with E-state index < -0.39 is 15.7 Å². The van der Waals surface area contributed by atoms with Crippen LogP contribution in [-0.4, -0.2) is 46.2 Å². The monoisotopic (exact) mass is 387 g/mol. The molecule has 2 heterocycles. The van der Waals surface area contributed by atoms with Gasteiger partial charge in [0, 0.05) is 17.9 Å². The lowest BCUT2D eigenvalue weighted by atomic mass is 10.2. The number of fused-ring (bicyclic) bond motifs is 1. The minimum absolute atomic E-state index is 0.0000743. The van der Waals surface area contributed by atoms with Crippen LogP contribution < -0.4 is 5.32 Å². The summed E-state index contributed by atoms with van der Waals surface area (Å²) in [4.78, 5) is 20.6. The normalized spacial score (nSPS) is 11.6. The van der Waals surface area contributed by atoms with Gasteiger partial charge in [-0.25, -0.2) is 17.9 Å². The van der Waals surface area contributed by atoms with Gasteiger partial charge in [-0.05, 0) is 31.9 Å². The van der Waals surface area contributed by atoms with Crippen LogP contribution in [0.15, 0.2) is 36.4 Å². The van der Waals surface area contributed by atoms with Gasteiger partial charge in [-0.2, -0.15) is 4.98 Å². The fraction of sp³-hybridized carbons (Fsp3) is 0.333. The molecule has 0 radical (unpaired) electrons. The number of benzene rings is 1. The molecule has 0 bridgehead atoms. The van der Waals surface area contributed by atoms with Crippen LogP contribution >= 0.6 is 0 Å². The number of nitrogens with one attached hydrogen (secondary N) is 1. The van der Waals surface area contributed by atoms with Gasteiger partial charge in [-0.1, -0.05) is 30.3 Å². The van der Waals surface area contributed by atoms with Crippen molar-refractivity contribution in [2.75, 3.05) is 12.3 Å². The zero-order chi connectivity index (χ0) is 19.4. The summed E-state index contributed by atoms with van der Waals surface area (Å²) in [6, 6.07) is 10.9. The average molecular weight is 387 g/mol. The first-order chi connectivity index (χ1) is 12.8. The Hall–Kier alpha value is -2.81. The molecule has 1 N–H and O–H groups in total. The Balaban J connectivity index is 1.53. The molecule has 9 heteroatoms. The van der Waals surface area contributed by atoms with Gasteiger partial charge in [0.2, 0.25) is 5.82 Å². The number of hydrogen-bond donors (Lipinski definition) is 1. The lowest BCUT2D eigenvalue weighted by Crippen LogP contribution is -2.27. The maximum atomic E-state index is 12.2. The standard InChI is InChI=1S/C18H21N5O3S/c1-13-11-14(2)23-18(20-13)21-16(22-23)17(24)19-9-6-10-27(25,26)12-15-7-4-3-5-8-15/h3-5,7-8,11H,6,9-10,12H2,1-2H3,(H,19,24). The molecule has 3 aromatic rings. The van der Waals surface area contributed by atoms with Crippen LogP contribution in [0.1, 0.15) is 34.0 Å². The van der Waals surface area contributed by atoms with Crippen molar-refractivity contribution in [3.8, 4) is 0 Å². The Morgan fingerprint density at radius 1 is 1.15 bits per heavy atom. The second-order valence-corrected chi connectivity index (χ2v) is 8.56. The van der Waals surface area contributed by atoms with Gasteiger partial charge in [0.15, 0.2) is 9.84 Å². The SMILES string of the molecule is Cc1cc(C)n2nc(C(=O)NCCCS(=O)(=O)Cc3ccccc3)nc2n1. The van der Waals surface area contributed by atoms with E-state index >= 15 is 0 Å². The van der Waals surface area contributed by atoms with Crippen LogP contribution in [0.3, 0.4) is 0 Å². The summed E-state index contributed by atoms with van der Waals surface area (Å²) in [5.74, 6) is -0.0646. The van der Waals surface area contributed by atoms with E-state index in [1.54, 1.807) is 12.1 Å². The van der Waals surface area contributed by atoms with Crippen LogP contribution in [0.5, 0.6) is 0 Å². The molecular weight excluding hydrogens is 366 g/mol. The van der Waals surface area contributed by atoms with E-state index in [2.05, 4.69) is 20.4 Å². The zero-order valence-electron chi connectivity index (χ0n) is 15.2. The van der Waals surface area contributed by atoms with Crippen molar-refractivity contribution in [1.29, 1.82) is 0 Å². The van der Waals surface area contributed by atoms with Gasteiger partial charge in [0.1, 0.15) is 0 Å². The predicted molar refractivity (Wildman–Crippen MR) is 101 cm³/mol. The number of rotatable bonds is 7. The molecule has 0 unspecified atom stereocenters. The van der Waals surface area contributed by atoms with Gasteiger partial charge < -0.3 is 5.32 Å². The van der Waals surface area contributed by atoms with Crippen LogP contribution in [-0.2, 0) is 15.6 Å². The van der Waals surface area contributed by atoms with E-state index in [9.17, 15) is 13.2 Å². The molecule has 8 nitrogen and oxygen atoms in total. The maximum Gasteiger partial charge on any atom is 0.291 e. The molecule has 0 saturated carbocycles. The minimum Gasteiger partial charge on any atom is -0.349 e. The minimum atomic E-state index is -3.22. The molecular formula is C18H21N5O3S. The highest BCUT2D eigenvalue weighted by atomic mass is 32.2. The predicted octanol–water partition coefficient (Wildman–Crippen LogP) is 1.48. The van der Waals surface area contributed by atoms with E-state index in [1.165, 1.54) is 4.52 Å². The summed E-state index contributed by atoms with van der Waals surface area (Å²) in [7, 11) is -3.22. The number of aryl methyl sites for hydroxylation is 2. The lowest BCUT2D eigenvalue weighted by molar-refractivity contribution is 0.0943. The number of amides is 1. The van der Waals surface area contributed by atoms with Crippen molar-refractivity contribution in [3.63, 3.8) is 0 Å². The molecule has 1 amide bonds. The Bertz CT molecular complexity index is 1060. The van der Waals surface area contributed by atoms with Crippen molar-refractivity contribution in [2.45, 2.75) is 26.0 Å². The van der Waals surface area contributed by atoms with Crippen LogP contribution in [0.2, 0.25) is 0 Å². The van der Waals surface area contributed by atoms with E-state index in [1.807, 2.05) is 38.1 Å². The van der Waals surface area contributed by atoms with Crippen molar-refractivity contribution in [2.24, 2.45) is 0 Å². The Morgan fingerprint density at radius 3 is 2.63 bits per heavy atom. The summed E-state index contributed by atoms with van der Waals surface area (Å²) in [5, 5.41) is 6.81. The first-order valence-corrected chi connectivity index (χ1v) is 10.4. The van der Waals surface area contributed by atoms with Gasteiger partial charge in [-0.15, -0.1) is 5.10 Å². The summed E-state index contributed by atoms with van der Waals surface area (Å²) >= 11 is 0. The fourth-order valence-electron chi connectivity index (χ4n) is 2.74. The number of nitrogens with zero attached hydrogens (tertiary/aromatic N) is 4. The Kier molecular flexibility index (Phi) is 5.50. The van der Waals surface area contributed by atoms with Crippen molar-refractivity contribution in [1.82, 2.24) is 24.9 Å². The molecule has 142 valence electrons. The largest absolute Gasteiger partial charge is 0.349 e. The lowest BCUT2D eigenvalue weighted by Gasteiger charge is -2.05. The van der Waals surface area contributed by atoms with Crippen LogP contribution in [0, 0.1) is 13.8 Å². The molecule has 0 atom stereocenters. The van der Waals surface area contributed by atoms with Crippen molar-refractivity contribution >= 4 is 21.5 Å². The number of sulfone groups is 1. The summed E-state index contributed by atoms with van der Waals surface area (Å²) in [6.45, 7) is 3.93. The van der Waals surface area contributed by atoms with Crippen LogP contribution in [0.25, 0.3) is 5.78 Å². The topological polar surface area (TPSA) is 106 Å². The Labute approximate surface area is 157 Å². The van der Waals surface area contributed by atoms with Crippen molar-refractivity contribution in [3.05, 3.63) is 59.2 Å². The first-order valence-electron chi connectivity index (χ1n) is 8.58. The third kappa shape index (κ3) is 4.88. The van der Waals surface area contributed by atoms with Gasteiger partial charge in [0.05, 0.1) is 11.5 Å². The molecule has 2 aromatic heterocycles. The molecule has 3 rings (SSSR count). The van der Waals surface area contributed by atoms with E-state index in [0.717, 1.165) is 17.0 Å². The highest BCUT2D eigenvalue weighted by molar-refractivity contribution is 7.90. The molecule has 27 heavy (non-hydrogen) atoms. The van der Waals surface area contributed by atoms with Crippen LogP contribution in [0.4, 0.5) is 0 Å². The molecule has 0 aliphatic heterocycles. The highest BCUT2D eigenvalue weighted by Crippen LogP contribution is 2.07. The van der Waals surface area contributed by atoms with Gasteiger partial charge in [-0.3, -0.25) is 4.79 Å². The molecule has 0 spiro atoms. The quantitative estimate of drug-likeness (QED) is 0.616. The van der Waals surface area contributed by atoms with Gasteiger partial charge >= 0.3 is 0 Å². The number of hydrogen-bond acceptors (Lipinski definition) is 6. The maximum absolute atomic E-state index is 12.2. The van der Waals surface area contributed by atoms with E-state index in [4.69, 9.17) is 0 Å². The van der Waals surface area contributed by atoms with Gasteiger partial charge in [0.25, 0.3) is 11.7 Å². The summed E-state index contributed by atoms with van der Waals surface area (Å²) < 4.78 is 25.8. The second-order valence-electron chi connectivity index (χ2n) is 6.37. The molecule has 0 saturated heterocycles.